The van der Waals surface area contributed by atoms with Crippen LogP contribution in [0.1, 0.15) is 39.0 Å². The highest BCUT2D eigenvalue weighted by atomic mass is 32.2. The van der Waals surface area contributed by atoms with Gasteiger partial charge in [-0.1, -0.05) is 0 Å². The Morgan fingerprint density at radius 2 is 2.00 bits per heavy atom. The largest absolute Gasteiger partial charge is 0.310 e. The van der Waals surface area contributed by atoms with Crippen molar-refractivity contribution in [3.63, 3.8) is 0 Å². The Labute approximate surface area is 116 Å². The fourth-order valence-corrected chi connectivity index (χ4v) is 5.54. The maximum absolute atomic E-state index is 11.9. The molecule has 0 spiro atoms. The zero-order chi connectivity index (χ0) is 13.5. The van der Waals surface area contributed by atoms with E-state index in [0.29, 0.717) is 11.5 Å². The van der Waals surface area contributed by atoms with Gasteiger partial charge in [0.15, 0.2) is 9.84 Å². The van der Waals surface area contributed by atoms with Crippen molar-refractivity contribution in [2.45, 2.75) is 50.6 Å². The molecule has 0 amide bonds. The van der Waals surface area contributed by atoms with E-state index in [1.54, 1.807) is 0 Å². The molecule has 1 aliphatic carbocycles. The van der Waals surface area contributed by atoms with Crippen LogP contribution in [0, 0.1) is 5.92 Å². The van der Waals surface area contributed by atoms with Crippen LogP contribution in [0.15, 0.2) is 0 Å². The van der Waals surface area contributed by atoms with Crippen LogP contribution >= 0.6 is 0 Å². The van der Waals surface area contributed by atoms with Gasteiger partial charge in [-0.15, -0.1) is 0 Å². The molecule has 4 nitrogen and oxygen atoms in total. The van der Waals surface area contributed by atoms with Crippen molar-refractivity contribution < 1.29 is 8.42 Å². The second-order valence-electron chi connectivity index (χ2n) is 6.85. The number of sulfone groups is 1. The highest BCUT2D eigenvalue weighted by molar-refractivity contribution is 7.91. The first-order chi connectivity index (χ1) is 8.99. The SMILES string of the molecule is CC1(C2CC2)CN(C2CCCS(=O)(=O)C2)CCCN1. The first-order valence-corrected chi connectivity index (χ1v) is 9.50. The minimum atomic E-state index is -2.80. The van der Waals surface area contributed by atoms with Gasteiger partial charge < -0.3 is 5.32 Å². The summed E-state index contributed by atoms with van der Waals surface area (Å²) in [5.74, 6) is 1.58. The lowest BCUT2D eigenvalue weighted by Crippen LogP contribution is -2.54. The minimum Gasteiger partial charge on any atom is -0.310 e. The summed E-state index contributed by atoms with van der Waals surface area (Å²) >= 11 is 0. The number of rotatable bonds is 2. The lowest BCUT2D eigenvalue weighted by Gasteiger charge is -2.39. The molecular formula is C14H26N2O2S. The summed E-state index contributed by atoms with van der Waals surface area (Å²) in [6.07, 6.45) is 5.70. The minimum absolute atomic E-state index is 0.206. The third-order valence-corrected chi connectivity index (χ3v) is 6.92. The van der Waals surface area contributed by atoms with Crippen molar-refractivity contribution in [3.05, 3.63) is 0 Å². The molecule has 0 bridgehead atoms. The van der Waals surface area contributed by atoms with Gasteiger partial charge in [-0.25, -0.2) is 8.42 Å². The van der Waals surface area contributed by atoms with E-state index in [1.165, 1.54) is 12.8 Å². The standard InChI is InChI=1S/C14H26N2O2S/c1-14(12-5-6-12)11-16(8-3-7-15-14)13-4-2-9-19(17,18)10-13/h12-13,15H,2-11H2,1H3. The summed E-state index contributed by atoms with van der Waals surface area (Å²) in [4.78, 5) is 2.47. The maximum atomic E-state index is 11.9. The van der Waals surface area contributed by atoms with E-state index in [2.05, 4.69) is 17.1 Å². The fraction of sp³-hybridized carbons (Fsp3) is 1.00. The molecule has 1 N–H and O–H groups in total. The Morgan fingerprint density at radius 1 is 1.21 bits per heavy atom. The zero-order valence-electron chi connectivity index (χ0n) is 11.9. The molecule has 0 aromatic heterocycles. The van der Waals surface area contributed by atoms with Gasteiger partial charge in [-0.05, 0) is 58.0 Å². The molecular weight excluding hydrogens is 260 g/mol. The third-order valence-electron chi connectivity index (χ3n) is 5.12. The van der Waals surface area contributed by atoms with Gasteiger partial charge >= 0.3 is 0 Å². The van der Waals surface area contributed by atoms with E-state index in [0.717, 1.165) is 44.8 Å². The Morgan fingerprint density at radius 3 is 2.68 bits per heavy atom. The predicted octanol–water partition coefficient (Wildman–Crippen LogP) is 1.03. The molecule has 1 saturated carbocycles. The maximum Gasteiger partial charge on any atom is 0.151 e. The molecule has 2 unspecified atom stereocenters. The van der Waals surface area contributed by atoms with Crippen LogP contribution in [-0.2, 0) is 9.84 Å². The molecule has 0 aromatic carbocycles. The Bertz CT molecular complexity index is 433. The van der Waals surface area contributed by atoms with Crippen molar-refractivity contribution in [1.29, 1.82) is 0 Å². The van der Waals surface area contributed by atoms with Gasteiger partial charge in [0.05, 0.1) is 11.5 Å². The van der Waals surface area contributed by atoms with E-state index < -0.39 is 9.84 Å². The topological polar surface area (TPSA) is 49.4 Å². The molecule has 3 rings (SSSR count). The van der Waals surface area contributed by atoms with Crippen LogP contribution in [0.4, 0.5) is 0 Å². The van der Waals surface area contributed by atoms with Crippen LogP contribution in [-0.4, -0.2) is 56.0 Å². The van der Waals surface area contributed by atoms with Crippen molar-refractivity contribution in [1.82, 2.24) is 10.2 Å². The Kier molecular flexibility index (Phi) is 3.65. The smallest absolute Gasteiger partial charge is 0.151 e. The molecule has 5 heteroatoms. The summed E-state index contributed by atoms with van der Waals surface area (Å²) in [6, 6.07) is 0.261. The summed E-state index contributed by atoms with van der Waals surface area (Å²) in [6.45, 7) is 5.48. The lowest BCUT2D eigenvalue weighted by atomic mass is 9.94. The van der Waals surface area contributed by atoms with Gasteiger partial charge in [0.2, 0.25) is 0 Å². The first-order valence-electron chi connectivity index (χ1n) is 7.68. The summed E-state index contributed by atoms with van der Waals surface area (Å²) in [5, 5.41) is 3.72. The number of hydrogen-bond acceptors (Lipinski definition) is 4. The first kappa shape index (κ1) is 13.8. The second kappa shape index (κ2) is 5.01. The van der Waals surface area contributed by atoms with E-state index in [4.69, 9.17) is 0 Å². The average molecular weight is 286 g/mol. The monoisotopic (exact) mass is 286 g/mol. The lowest BCUT2D eigenvalue weighted by molar-refractivity contribution is 0.152. The highest BCUT2D eigenvalue weighted by Crippen LogP contribution is 2.41. The van der Waals surface area contributed by atoms with Gasteiger partial charge in [0.1, 0.15) is 0 Å². The highest BCUT2D eigenvalue weighted by Gasteiger charge is 2.44. The molecule has 2 saturated heterocycles. The van der Waals surface area contributed by atoms with E-state index in [9.17, 15) is 8.42 Å². The fourth-order valence-electron chi connectivity index (χ4n) is 3.81. The molecule has 0 aromatic rings. The van der Waals surface area contributed by atoms with Crippen LogP contribution in [0.5, 0.6) is 0 Å². The number of nitrogens with one attached hydrogen (secondary N) is 1. The molecule has 2 aliphatic heterocycles. The van der Waals surface area contributed by atoms with Crippen LogP contribution in [0.2, 0.25) is 0 Å². The average Bonchev–Trinajstić information content (AvgIpc) is 3.14. The van der Waals surface area contributed by atoms with E-state index in [-0.39, 0.29) is 11.6 Å². The van der Waals surface area contributed by atoms with E-state index in [1.807, 2.05) is 0 Å². The Balaban J connectivity index is 1.72. The van der Waals surface area contributed by atoms with Crippen LogP contribution < -0.4 is 5.32 Å². The van der Waals surface area contributed by atoms with Gasteiger partial charge in [0.25, 0.3) is 0 Å². The quantitative estimate of drug-likeness (QED) is 0.824. The summed E-state index contributed by atoms with van der Waals surface area (Å²) < 4.78 is 23.7. The third kappa shape index (κ3) is 3.14. The molecule has 2 atom stereocenters. The molecule has 3 aliphatic rings. The normalized spacial score (nSPS) is 40.8. The van der Waals surface area contributed by atoms with Gasteiger partial charge in [0, 0.05) is 18.1 Å². The van der Waals surface area contributed by atoms with Crippen LogP contribution in [0.25, 0.3) is 0 Å². The molecule has 3 fully saturated rings. The summed E-state index contributed by atoms with van der Waals surface area (Å²) in [5.41, 5.74) is 0.206. The van der Waals surface area contributed by atoms with Crippen molar-refractivity contribution >= 4 is 9.84 Å². The summed E-state index contributed by atoms with van der Waals surface area (Å²) in [7, 11) is -2.80. The molecule has 0 radical (unpaired) electrons. The molecule has 19 heavy (non-hydrogen) atoms. The molecule has 2 heterocycles. The zero-order valence-corrected chi connectivity index (χ0v) is 12.7. The van der Waals surface area contributed by atoms with Crippen molar-refractivity contribution in [3.8, 4) is 0 Å². The number of nitrogens with zero attached hydrogens (tertiary/aromatic N) is 1. The van der Waals surface area contributed by atoms with E-state index >= 15 is 0 Å². The Hall–Kier alpha value is -0.130. The van der Waals surface area contributed by atoms with Crippen LogP contribution in [0.3, 0.4) is 0 Å². The molecule has 110 valence electrons. The van der Waals surface area contributed by atoms with Crippen molar-refractivity contribution in [2.24, 2.45) is 5.92 Å². The van der Waals surface area contributed by atoms with Gasteiger partial charge in [-0.2, -0.15) is 0 Å². The van der Waals surface area contributed by atoms with Gasteiger partial charge in [-0.3, -0.25) is 4.90 Å². The van der Waals surface area contributed by atoms with Crippen molar-refractivity contribution in [2.75, 3.05) is 31.1 Å². The second-order valence-corrected chi connectivity index (χ2v) is 9.08. The number of hydrogen-bond donors (Lipinski definition) is 1. The predicted molar refractivity (Wildman–Crippen MR) is 77.0 cm³/mol.